The first-order valence-corrected chi connectivity index (χ1v) is 8.34. The number of aryl methyl sites for hydroxylation is 1. The fraction of sp³-hybridized carbons (Fsp3) is 0.211. The van der Waals surface area contributed by atoms with Crippen LogP contribution in [0.15, 0.2) is 42.5 Å². The highest BCUT2D eigenvalue weighted by Gasteiger charge is 2.25. The maximum Gasteiger partial charge on any atom is 0.256 e. The molecule has 1 heterocycles. The molecule has 4 rings (SSSR count). The van der Waals surface area contributed by atoms with E-state index in [1.54, 1.807) is 0 Å². The number of halogens is 2. The van der Waals surface area contributed by atoms with Crippen molar-refractivity contribution < 1.29 is 9.18 Å². The van der Waals surface area contributed by atoms with Crippen LogP contribution in [0.2, 0.25) is 5.02 Å². The van der Waals surface area contributed by atoms with Gasteiger partial charge in [0.1, 0.15) is 5.82 Å². The van der Waals surface area contributed by atoms with Gasteiger partial charge >= 0.3 is 0 Å². The van der Waals surface area contributed by atoms with Gasteiger partial charge < -0.3 is 10.3 Å². The fourth-order valence-corrected chi connectivity index (χ4v) is 3.73. The number of rotatable bonds is 2. The summed E-state index contributed by atoms with van der Waals surface area (Å²) in [6.45, 7) is 0. The van der Waals surface area contributed by atoms with Crippen molar-refractivity contribution >= 4 is 28.4 Å². The Balaban J connectivity index is 1.56. The van der Waals surface area contributed by atoms with Gasteiger partial charge in [-0.05, 0) is 36.6 Å². The molecule has 0 saturated heterocycles. The van der Waals surface area contributed by atoms with Crippen molar-refractivity contribution in [3.8, 4) is 0 Å². The molecule has 122 valence electrons. The summed E-state index contributed by atoms with van der Waals surface area (Å²) in [7, 11) is 0. The SMILES string of the molecule is O=C(NC1CCc2c([nH]c3ccccc23)C1)c1c(F)cccc1Cl. The van der Waals surface area contributed by atoms with Crippen molar-refractivity contribution in [3.05, 3.63) is 70.1 Å². The predicted molar refractivity (Wildman–Crippen MR) is 93.0 cm³/mol. The molecule has 0 saturated carbocycles. The first kappa shape index (κ1) is 15.2. The highest BCUT2D eigenvalue weighted by atomic mass is 35.5. The largest absolute Gasteiger partial charge is 0.358 e. The van der Waals surface area contributed by atoms with Crippen LogP contribution in [0.5, 0.6) is 0 Å². The summed E-state index contributed by atoms with van der Waals surface area (Å²) in [5, 5.41) is 4.30. The van der Waals surface area contributed by atoms with E-state index in [4.69, 9.17) is 11.6 Å². The van der Waals surface area contributed by atoms with E-state index in [1.165, 1.54) is 29.1 Å². The monoisotopic (exact) mass is 342 g/mol. The molecule has 2 N–H and O–H groups in total. The first-order chi connectivity index (χ1) is 11.6. The van der Waals surface area contributed by atoms with Crippen LogP contribution in [0.25, 0.3) is 10.9 Å². The Morgan fingerprint density at radius 3 is 2.88 bits per heavy atom. The Bertz CT molecular complexity index is 914. The molecule has 5 heteroatoms. The number of benzene rings is 2. The van der Waals surface area contributed by atoms with E-state index in [-0.39, 0.29) is 16.6 Å². The van der Waals surface area contributed by atoms with Crippen LogP contribution in [0.4, 0.5) is 4.39 Å². The van der Waals surface area contributed by atoms with Crippen LogP contribution in [0.1, 0.15) is 28.0 Å². The van der Waals surface area contributed by atoms with Gasteiger partial charge in [0.05, 0.1) is 10.6 Å². The molecular weight excluding hydrogens is 327 g/mol. The van der Waals surface area contributed by atoms with Crippen molar-refractivity contribution in [1.29, 1.82) is 0 Å². The second kappa shape index (κ2) is 5.95. The average Bonchev–Trinajstić information content (AvgIpc) is 2.92. The summed E-state index contributed by atoms with van der Waals surface area (Å²) in [4.78, 5) is 15.8. The van der Waals surface area contributed by atoms with E-state index in [1.807, 2.05) is 12.1 Å². The van der Waals surface area contributed by atoms with Gasteiger partial charge in [0.2, 0.25) is 0 Å². The zero-order valence-electron chi connectivity index (χ0n) is 12.9. The summed E-state index contributed by atoms with van der Waals surface area (Å²) in [5.41, 5.74) is 3.50. The number of para-hydroxylation sites is 1. The maximum atomic E-state index is 13.9. The molecule has 1 amide bonds. The Morgan fingerprint density at radius 2 is 2.04 bits per heavy atom. The van der Waals surface area contributed by atoms with Crippen molar-refractivity contribution in [2.45, 2.75) is 25.3 Å². The second-order valence-electron chi connectivity index (χ2n) is 6.14. The van der Waals surface area contributed by atoms with Crippen molar-refractivity contribution in [3.63, 3.8) is 0 Å². The number of aromatic amines is 1. The van der Waals surface area contributed by atoms with Gasteiger partial charge in [0.15, 0.2) is 0 Å². The number of amides is 1. The third-order valence-corrected chi connectivity index (χ3v) is 4.94. The van der Waals surface area contributed by atoms with Gasteiger partial charge in [0, 0.05) is 29.1 Å². The third-order valence-electron chi connectivity index (χ3n) is 4.62. The zero-order valence-corrected chi connectivity index (χ0v) is 13.7. The number of carbonyl (C=O) groups is 1. The minimum atomic E-state index is -0.595. The molecule has 3 nitrogen and oxygen atoms in total. The standard InChI is InChI=1S/C19H16ClFN2O/c20-14-5-3-6-15(21)18(14)19(24)22-11-8-9-13-12-4-1-2-7-16(12)23-17(13)10-11/h1-7,11,23H,8-10H2,(H,22,24). The zero-order chi connectivity index (χ0) is 16.7. The lowest BCUT2D eigenvalue weighted by Crippen LogP contribution is -2.39. The normalized spacial score (nSPS) is 16.8. The molecule has 0 bridgehead atoms. The molecule has 1 atom stereocenters. The van der Waals surface area contributed by atoms with Crippen LogP contribution in [-0.2, 0) is 12.8 Å². The van der Waals surface area contributed by atoms with Gasteiger partial charge in [-0.3, -0.25) is 4.79 Å². The summed E-state index contributed by atoms with van der Waals surface area (Å²) in [5.74, 6) is -1.05. The number of fused-ring (bicyclic) bond motifs is 3. The van der Waals surface area contributed by atoms with E-state index in [9.17, 15) is 9.18 Å². The molecule has 1 unspecified atom stereocenters. The fourth-order valence-electron chi connectivity index (χ4n) is 3.48. The maximum absolute atomic E-state index is 13.9. The van der Waals surface area contributed by atoms with E-state index in [0.717, 1.165) is 24.1 Å². The van der Waals surface area contributed by atoms with Crippen LogP contribution >= 0.6 is 11.6 Å². The Morgan fingerprint density at radius 1 is 1.21 bits per heavy atom. The Kier molecular flexibility index (Phi) is 3.77. The number of hydrogen-bond donors (Lipinski definition) is 2. The van der Waals surface area contributed by atoms with Crippen molar-refractivity contribution in [1.82, 2.24) is 10.3 Å². The quantitative estimate of drug-likeness (QED) is 0.718. The van der Waals surface area contributed by atoms with E-state index in [0.29, 0.717) is 6.42 Å². The molecule has 0 aliphatic heterocycles. The second-order valence-corrected chi connectivity index (χ2v) is 6.54. The van der Waals surface area contributed by atoms with Crippen molar-refractivity contribution in [2.75, 3.05) is 0 Å². The molecule has 24 heavy (non-hydrogen) atoms. The number of aromatic nitrogens is 1. The molecule has 1 aromatic heterocycles. The average molecular weight is 343 g/mol. The van der Waals surface area contributed by atoms with E-state index in [2.05, 4.69) is 22.4 Å². The van der Waals surface area contributed by atoms with Crippen LogP contribution in [-0.4, -0.2) is 16.9 Å². The lowest BCUT2D eigenvalue weighted by Gasteiger charge is -2.23. The smallest absolute Gasteiger partial charge is 0.256 e. The number of nitrogens with one attached hydrogen (secondary N) is 2. The predicted octanol–water partition coefficient (Wildman–Crippen LogP) is 4.25. The molecule has 1 aliphatic carbocycles. The van der Waals surface area contributed by atoms with Gasteiger partial charge in [-0.1, -0.05) is 35.9 Å². The number of carbonyl (C=O) groups excluding carboxylic acids is 1. The summed E-state index contributed by atoms with van der Waals surface area (Å²) < 4.78 is 13.9. The molecule has 1 aliphatic rings. The third kappa shape index (κ3) is 2.57. The van der Waals surface area contributed by atoms with Crippen LogP contribution < -0.4 is 5.32 Å². The molecule has 0 fully saturated rings. The van der Waals surface area contributed by atoms with Crippen LogP contribution in [0.3, 0.4) is 0 Å². The van der Waals surface area contributed by atoms with E-state index < -0.39 is 11.7 Å². The molecular formula is C19H16ClFN2O. The summed E-state index contributed by atoms with van der Waals surface area (Å²) in [6.07, 6.45) is 2.42. The lowest BCUT2D eigenvalue weighted by molar-refractivity contribution is 0.0929. The highest BCUT2D eigenvalue weighted by molar-refractivity contribution is 6.33. The van der Waals surface area contributed by atoms with Gasteiger partial charge in [-0.25, -0.2) is 4.39 Å². The highest BCUT2D eigenvalue weighted by Crippen LogP contribution is 2.29. The van der Waals surface area contributed by atoms with Gasteiger partial charge in [0.25, 0.3) is 5.91 Å². The molecule has 0 radical (unpaired) electrons. The summed E-state index contributed by atoms with van der Waals surface area (Å²) in [6, 6.07) is 12.4. The lowest BCUT2D eigenvalue weighted by atomic mass is 9.91. The Labute approximate surface area is 143 Å². The topological polar surface area (TPSA) is 44.9 Å². The molecule has 3 aromatic rings. The van der Waals surface area contributed by atoms with E-state index >= 15 is 0 Å². The minimum absolute atomic E-state index is 0.0336. The van der Waals surface area contributed by atoms with Crippen LogP contribution in [0, 0.1) is 5.82 Å². The number of hydrogen-bond acceptors (Lipinski definition) is 1. The van der Waals surface area contributed by atoms with Crippen molar-refractivity contribution in [2.24, 2.45) is 0 Å². The van der Waals surface area contributed by atoms with Gasteiger partial charge in [-0.2, -0.15) is 0 Å². The summed E-state index contributed by atoms with van der Waals surface area (Å²) >= 11 is 5.97. The molecule has 0 spiro atoms. The minimum Gasteiger partial charge on any atom is -0.358 e. The first-order valence-electron chi connectivity index (χ1n) is 7.97. The molecule has 2 aromatic carbocycles. The number of H-pyrrole nitrogens is 1. The Hall–Kier alpha value is -2.33. The van der Waals surface area contributed by atoms with Gasteiger partial charge in [-0.15, -0.1) is 0 Å².